The molecule has 0 radical (unpaired) electrons. The lowest BCUT2D eigenvalue weighted by atomic mass is 10.0. The van der Waals surface area contributed by atoms with Crippen LogP contribution in [0.2, 0.25) is 0 Å². The molecule has 39 heavy (non-hydrogen) atoms. The first-order valence-electron chi connectivity index (χ1n) is 13.3. The largest absolute Gasteiger partial charge is 0.455 e. The average molecular weight is 532 g/mol. The molecule has 1 saturated heterocycles. The van der Waals surface area contributed by atoms with Gasteiger partial charge in [0.15, 0.2) is 0 Å². The summed E-state index contributed by atoms with van der Waals surface area (Å²) in [4.78, 5) is 38.1. The first-order valence-corrected chi connectivity index (χ1v) is 13.3. The Morgan fingerprint density at radius 2 is 1.82 bits per heavy atom. The van der Waals surface area contributed by atoms with E-state index in [0.717, 1.165) is 38.8 Å². The molecular formula is C29H33N5O5. The van der Waals surface area contributed by atoms with Gasteiger partial charge in [-0.25, -0.2) is 5.43 Å². The molecule has 1 unspecified atom stereocenters. The summed E-state index contributed by atoms with van der Waals surface area (Å²) >= 11 is 0. The van der Waals surface area contributed by atoms with Gasteiger partial charge in [-0.1, -0.05) is 36.8 Å². The summed E-state index contributed by atoms with van der Waals surface area (Å²) in [6.45, 7) is 2.29. The SMILES string of the molecule is O=C(NCCCCC(C(=O)N/N=C/c1ccc(-c2cccc([N+](=O)[O-])c2)o1)N1CCCCC1)c1ccccc1. The van der Waals surface area contributed by atoms with Crippen molar-refractivity contribution in [3.63, 3.8) is 0 Å². The molecule has 10 nitrogen and oxygen atoms in total. The van der Waals surface area contributed by atoms with Crippen LogP contribution in [-0.2, 0) is 4.79 Å². The number of nitrogens with zero attached hydrogens (tertiary/aromatic N) is 3. The molecule has 0 saturated carbocycles. The van der Waals surface area contributed by atoms with Gasteiger partial charge in [0.05, 0.1) is 17.2 Å². The number of unbranched alkanes of at least 4 members (excludes halogenated alkanes) is 1. The number of furan rings is 1. The maximum absolute atomic E-state index is 13.1. The maximum Gasteiger partial charge on any atom is 0.270 e. The van der Waals surface area contributed by atoms with Crippen molar-refractivity contribution in [2.24, 2.45) is 5.10 Å². The van der Waals surface area contributed by atoms with Crippen LogP contribution in [0.5, 0.6) is 0 Å². The number of amides is 2. The van der Waals surface area contributed by atoms with Crippen LogP contribution in [0, 0.1) is 10.1 Å². The van der Waals surface area contributed by atoms with Crippen LogP contribution >= 0.6 is 0 Å². The number of likely N-dealkylation sites (tertiary alicyclic amines) is 1. The molecule has 0 bridgehead atoms. The predicted octanol–water partition coefficient (Wildman–Crippen LogP) is 4.76. The van der Waals surface area contributed by atoms with Gasteiger partial charge in [-0.3, -0.25) is 24.6 Å². The molecule has 2 amide bonds. The molecule has 1 fully saturated rings. The molecule has 10 heteroatoms. The van der Waals surface area contributed by atoms with E-state index in [1.54, 1.807) is 36.4 Å². The minimum Gasteiger partial charge on any atom is -0.455 e. The minimum atomic E-state index is -0.454. The van der Waals surface area contributed by atoms with Crippen molar-refractivity contribution in [3.05, 3.63) is 88.2 Å². The quantitative estimate of drug-likeness (QED) is 0.150. The summed E-state index contributed by atoms with van der Waals surface area (Å²) in [6, 6.07) is 18.4. The smallest absolute Gasteiger partial charge is 0.270 e. The molecular weight excluding hydrogens is 498 g/mol. The molecule has 2 aromatic carbocycles. The van der Waals surface area contributed by atoms with E-state index in [2.05, 4.69) is 20.7 Å². The molecule has 3 aromatic rings. The normalized spacial score (nSPS) is 14.7. The number of piperidine rings is 1. The number of benzene rings is 2. The Balaban J connectivity index is 1.29. The van der Waals surface area contributed by atoms with E-state index in [0.29, 0.717) is 35.6 Å². The Labute approximate surface area is 227 Å². The fraction of sp³-hybridized carbons (Fsp3) is 0.345. The van der Waals surface area contributed by atoms with Gasteiger partial charge in [-0.2, -0.15) is 5.10 Å². The zero-order valence-electron chi connectivity index (χ0n) is 21.8. The van der Waals surface area contributed by atoms with Crippen LogP contribution in [0.25, 0.3) is 11.3 Å². The van der Waals surface area contributed by atoms with E-state index in [-0.39, 0.29) is 23.5 Å². The van der Waals surface area contributed by atoms with Crippen molar-refractivity contribution >= 4 is 23.7 Å². The molecule has 1 aliphatic rings. The van der Waals surface area contributed by atoms with Crippen molar-refractivity contribution in [2.75, 3.05) is 19.6 Å². The third-order valence-electron chi connectivity index (χ3n) is 6.69. The van der Waals surface area contributed by atoms with Crippen molar-refractivity contribution in [1.29, 1.82) is 0 Å². The highest BCUT2D eigenvalue weighted by Crippen LogP contribution is 2.25. The number of carbonyl (C=O) groups is 2. The number of nitrogens with one attached hydrogen (secondary N) is 2. The third-order valence-corrected chi connectivity index (χ3v) is 6.69. The highest BCUT2D eigenvalue weighted by Gasteiger charge is 2.26. The van der Waals surface area contributed by atoms with E-state index in [1.807, 2.05) is 18.2 Å². The van der Waals surface area contributed by atoms with Gasteiger partial charge < -0.3 is 9.73 Å². The van der Waals surface area contributed by atoms with Crippen molar-refractivity contribution in [1.82, 2.24) is 15.6 Å². The lowest BCUT2D eigenvalue weighted by Crippen LogP contribution is -2.47. The average Bonchev–Trinajstić information content (AvgIpc) is 3.44. The van der Waals surface area contributed by atoms with Gasteiger partial charge in [0.1, 0.15) is 11.5 Å². The first kappa shape index (κ1) is 27.7. The molecule has 0 spiro atoms. The summed E-state index contributed by atoms with van der Waals surface area (Å²) in [5.41, 5.74) is 3.85. The van der Waals surface area contributed by atoms with E-state index < -0.39 is 4.92 Å². The number of hydrogen-bond donors (Lipinski definition) is 2. The van der Waals surface area contributed by atoms with E-state index in [9.17, 15) is 19.7 Å². The summed E-state index contributed by atoms with van der Waals surface area (Å²) in [6.07, 6.45) is 6.94. The lowest BCUT2D eigenvalue weighted by molar-refractivity contribution is -0.384. The van der Waals surface area contributed by atoms with E-state index >= 15 is 0 Å². The van der Waals surface area contributed by atoms with E-state index in [1.165, 1.54) is 24.8 Å². The Bertz CT molecular complexity index is 1280. The second kappa shape index (κ2) is 14.0. The van der Waals surface area contributed by atoms with Crippen LogP contribution in [0.15, 0.2) is 76.2 Å². The predicted molar refractivity (Wildman–Crippen MR) is 148 cm³/mol. The van der Waals surface area contributed by atoms with Crippen LogP contribution in [0.3, 0.4) is 0 Å². The second-order valence-corrected chi connectivity index (χ2v) is 9.47. The number of hydrogen-bond acceptors (Lipinski definition) is 7. The number of carbonyl (C=O) groups excluding carboxylic acids is 2. The first-order chi connectivity index (χ1) is 19.0. The van der Waals surface area contributed by atoms with Crippen LogP contribution < -0.4 is 10.7 Å². The fourth-order valence-corrected chi connectivity index (χ4v) is 4.65. The Morgan fingerprint density at radius 1 is 1.03 bits per heavy atom. The van der Waals surface area contributed by atoms with Gasteiger partial charge in [0.2, 0.25) is 0 Å². The highest BCUT2D eigenvalue weighted by molar-refractivity contribution is 5.94. The Morgan fingerprint density at radius 3 is 2.59 bits per heavy atom. The van der Waals surface area contributed by atoms with Crippen LogP contribution in [-0.4, -0.2) is 53.5 Å². The Hall–Kier alpha value is -4.31. The van der Waals surface area contributed by atoms with Gasteiger partial charge >= 0.3 is 0 Å². The number of non-ortho nitro benzene ring substituents is 1. The van der Waals surface area contributed by atoms with Gasteiger partial charge in [-0.15, -0.1) is 0 Å². The zero-order valence-corrected chi connectivity index (χ0v) is 21.8. The maximum atomic E-state index is 13.1. The van der Waals surface area contributed by atoms with Gasteiger partial charge in [0.25, 0.3) is 17.5 Å². The molecule has 1 aromatic heterocycles. The van der Waals surface area contributed by atoms with Crippen LogP contribution in [0.1, 0.15) is 54.6 Å². The minimum absolute atomic E-state index is 0.0197. The molecule has 2 heterocycles. The number of nitro groups is 1. The molecule has 0 aliphatic carbocycles. The molecule has 2 N–H and O–H groups in total. The summed E-state index contributed by atoms with van der Waals surface area (Å²) in [7, 11) is 0. The number of hydrazone groups is 1. The number of rotatable bonds is 12. The summed E-state index contributed by atoms with van der Waals surface area (Å²) < 4.78 is 5.74. The van der Waals surface area contributed by atoms with Gasteiger partial charge in [-0.05, 0) is 69.5 Å². The van der Waals surface area contributed by atoms with Crippen molar-refractivity contribution in [2.45, 2.75) is 44.6 Å². The zero-order chi connectivity index (χ0) is 27.5. The summed E-state index contributed by atoms with van der Waals surface area (Å²) in [5.74, 6) is 0.617. The van der Waals surface area contributed by atoms with Gasteiger partial charge in [0, 0.05) is 29.8 Å². The Kier molecular flexibility index (Phi) is 9.96. The topological polar surface area (TPSA) is 130 Å². The summed E-state index contributed by atoms with van der Waals surface area (Å²) in [5, 5.41) is 18.1. The van der Waals surface area contributed by atoms with Crippen molar-refractivity contribution in [3.8, 4) is 11.3 Å². The third kappa shape index (κ3) is 8.08. The number of nitro benzene ring substituents is 1. The monoisotopic (exact) mass is 531 g/mol. The molecule has 1 atom stereocenters. The van der Waals surface area contributed by atoms with Crippen molar-refractivity contribution < 1.29 is 18.9 Å². The second-order valence-electron chi connectivity index (χ2n) is 9.47. The fourth-order valence-electron chi connectivity index (χ4n) is 4.65. The highest BCUT2D eigenvalue weighted by atomic mass is 16.6. The molecule has 204 valence electrons. The van der Waals surface area contributed by atoms with Crippen LogP contribution in [0.4, 0.5) is 5.69 Å². The van der Waals surface area contributed by atoms with E-state index in [4.69, 9.17) is 4.42 Å². The standard InChI is InChI=1S/C29H33N5O5/c35-28(22-10-3-1-4-11-22)30-17-6-5-14-26(33-18-7-2-8-19-33)29(36)32-31-21-25-15-16-27(39-25)23-12-9-13-24(20-23)34(37)38/h1,3-4,9-13,15-16,20-21,26H,2,5-8,14,17-19H2,(H,30,35)(H,32,36)/b31-21+. The lowest BCUT2D eigenvalue weighted by Gasteiger charge is -2.33. The molecule has 1 aliphatic heterocycles. The molecule has 4 rings (SSSR count).